The van der Waals surface area contributed by atoms with Crippen LogP contribution < -0.4 is 10.1 Å². The molecule has 1 aromatic heterocycles. The summed E-state index contributed by atoms with van der Waals surface area (Å²) in [6.45, 7) is 5.00. The minimum atomic E-state index is 0.410. The van der Waals surface area contributed by atoms with E-state index in [2.05, 4.69) is 15.5 Å². The maximum Gasteiger partial charge on any atom is 0.246 e. The van der Waals surface area contributed by atoms with E-state index in [0.29, 0.717) is 29.9 Å². The van der Waals surface area contributed by atoms with E-state index in [1.807, 2.05) is 56.3 Å². The normalized spacial score (nSPS) is 10.6. The van der Waals surface area contributed by atoms with Crippen LogP contribution in [0.2, 0.25) is 5.02 Å². The molecule has 1 heterocycles. The van der Waals surface area contributed by atoms with Crippen molar-refractivity contribution in [1.82, 2.24) is 10.1 Å². The summed E-state index contributed by atoms with van der Waals surface area (Å²) in [6, 6.07) is 13.4. The molecular weight excluding hydrogens is 326 g/mol. The van der Waals surface area contributed by atoms with Crippen molar-refractivity contribution in [2.75, 3.05) is 11.9 Å². The van der Waals surface area contributed by atoms with Crippen LogP contribution in [-0.2, 0) is 6.54 Å². The van der Waals surface area contributed by atoms with Gasteiger partial charge in [-0.05, 0) is 55.8 Å². The lowest BCUT2D eigenvalue weighted by Gasteiger charge is -2.06. The second-order valence-corrected chi connectivity index (χ2v) is 5.71. The van der Waals surface area contributed by atoms with Gasteiger partial charge in [0.25, 0.3) is 0 Å². The molecule has 0 radical (unpaired) electrons. The Morgan fingerprint density at radius 1 is 1.17 bits per heavy atom. The Kier molecular flexibility index (Phi) is 5.01. The number of aryl methyl sites for hydroxylation is 1. The number of nitrogens with one attached hydrogen (secondary N) is 1. The summed E-state index contributed by atoms with van der Waals surface area (Å²) in [5.74, 6) is 1.86. The van der Waals surface area contributed by atoms with Gasteiger partial charge in [-0.3, -0.25) is 0 Å². The summed E-state index contributed by atoms with van der Waals surface area (Å²) in [5.41, 5.74) is 2.83. The third-order valence-electron chi connectivity index (χ3n) is 3.45. The summed E-state index contributed by atoms with van der Waals surface area (Å²) in [7, 11) is 0. The van der Waals surface area contributed by atoms with Crippen molar-refractivity contribution >= 4 is 17.3 Å². The standard InChI is InChI=1S/C18H18ClN3O2/c1-3-23-14-7-5-13(6-8-14)18-21-17(24-22-18)11-20-16-9-4-12(2)10-15(16)19/h4-10,20H,3,11H2,1-2H3. The summed E-state index contributed by atoms with van der Waals surface area (Å²) >= 11 is 6.20. The smallest absolute Gasteiger partial charge is 0.246 e. The van der Waals surface area contributed by atoms with E-state index < -0.39 is 0 Å². The summed E-state index contributed by atoms with van der Waals surface area (Å²) < 4.78 is 10.7. The Morgan fingerprint density at radius 3 is 2.67 bits per heavy atom. The molecule has 3 rings (SSSR count). The molecule has 1 N–H and O–H groups in total. The predicted molar refractivity (Wildman–Crippen MR) is 94.4 cm³/mol. The molecule has 0 atom stereocenters. The molecule has 0 unspecified atom stereocenters. The zero-order chi connectivity index (χ0) is 16.9. The van der Waals surface area contributed by atoms with Crippen LogP contribution in [-0.4, -0.2) is 16.7 Å². The fourth-order valence-corrected chi connectivity index (χ4v) is 2.55. The van der Waals surface area contributed by atoms with Crippen LogP contribution in [0.5, 0.6) is 5.75 Å². The van der Waals surface area contributed by atoms with Gasteiger partial charge in [-0.1, -0.05) is 22.8 Å². The molecule has 0 aliphatic rings. The van der Waals surface area contributed by atoms with Crippen molar-refractivity contribution in [3.05, 3.63) is 58.9 Å². The van der Waals surface area contributed by atoms with E-state index in [9.17, 15) is 0 Å². The number of ether oxygens (including phenoxy) is 1. The number of hydrogen-bond donors (Lipinski definition) is 1. The van der Waals surface area contributed by atoms with Gasteiger partial charge >= 0.3 is 0 Å². The van der Waals surface area contributed by atoms with Crippen LogP contribution in [0.3, 0.4) is 0 Å². The Balaban J connectivity index is 1.66. The van der Waals surface area contributed by atoms with Crippen molar-refractivity contribution in [3.63, 3.8) is 0 Å². The molecule has 6 heteroatoms. The van der Waals surface area contributed by atoms with Gasteiger partial charge in [0.2, 0.25) is 11.7 Å². The SMILES string of the molecule is CCOc1ccc(-c2noc(CNc3ccc(C)cc3Cl)n2)cc1. The molecule has 24 heavy (non-hydrogen) atoms. The molecule has 0 spiro atoms. The van der Waals surface area contributed by atoms with Gasteiger partial charge in [0.15, 0.2) is 0 Å². The summed E-state index contributed by atoms with van der Waals surface area (Å²) in [6.07, 6.45) is 0. The maximum absolute atomic E-state index is 6.20. The summed E-state index contributed by atoms with van der Waals surface area (Å²) in [4.78, 5) is 4.39. The van der Waals surface area contributed by atoms with Crippen molar-refractivity contribution < 1.29 is 9.26 Å². The molecule has 2 aromatic carbocycles. The van der Waals surface area contributed by atoms with Crippen molar-refractivity contribution in [3.8, 4) is 17.1 Å². The molecular formula is C18H18ClN3O2. The Bertz CT molecular complexity index is 815. The molecule has 0 aliphatic heterocycles. The van der Waals surface area contributed by atoms with Gasteiger partial charge in [-0.15, -0.1) is 0 Å². The number of benzene rings is 2. The lowest BCUT2D eigenvalue weighted by molar-refractivity contribution is 0.340. The van der Waals surface area contributed by atoms with E-state index in [-0.39, 0.29) is 0 Å². The largest absolute Gasteiger partial charge is 0.494 e. The van der Waals surface area contributed by atoms with E-state index >= 15 is 0 Å². The molecule has 0 bridgehead atoms. The molecule has 0 saturated carbocycles. The zero-order valence-corrected chi connectivity index (χ0v) is 14.3. The number of halogens is 1. The van der Waals surface area contributed by atoms with E-state index in [0.717, 1.165) is 22.6 Å². The number of rotatable bonds is 6. The predicted octanol–water partition coefficient (Wildman–Crippen LogP) is 4.71. The highest BCUT2D eigenvalue weighted by molar-refractivity contribution is 6.33. The number of hydrogen-bond acceptors (Lipinski definition) is 5. The van der Waals surface area contributed by atoms with Gasteiger partial charge in [0.1, 0.15) is 5.75 Å². The average molecular weight is 344 g/mol. The third kappa shape index (κ3) is 3.86. The van der Waals surface area contributed by atoms with Gasteiger partial charge in [0, 0.05) is 5.56 Å². The Morgan fingerprint density at radius 2 is 1.96 bits per heavy atom. The second-order valence-electron chi connectivity index (χ2n) is 5.31. The minimum Gasteiger partial charge on any atom is -0.494 e. The molecule has 0 fully saturated rings. The first-order valence-electron chi connectivity index (χ1n) is 7.71. The van der Waals surface area contributed by atoms with Crippen LogP contribution in [0.25, 0.3) is 11.4 Å². The molecule has 3 aromatic rings. The van der Waals surface area contributed by atoms with Crippen LogP contribution >= 0.6 is 11.6 Å². The van der Waals surface area contributed by atoms with Gasteiger partial charge in [0.05, 0.1) is 23.9 Å². The van der Waals surface area contributed by atoms with E-state index in [1.165, 1.54) is 0 Å². The van der Waals surface area contributed by atoms with Crippen LogP contribution in [0.15, 0.2) is 47.0 Å². The lowest BCUT2D eigenvalue weighted by Crippen LogP contribution is -2.00. The van der Waals surface area contributed by atoms with E-state index in [1.54, 1.807) is 0 Å². The molecule has 124 valence electrons. The van der Waals surface area contributed by atoms with Crippen molar-refractivity contribution in [1.29, 1.82) is 0 Å². The highest BCUT2D eigenvalue weighted by atomic mass is 35.5. The lowest BCUT2D eigenvalue weighted by atomic mass is 10.2. The average Bonchev–Trinajstić information content (AvgIpc) is 3.04. The highest BCUT2D eigenvalue weighted by Gasteiger charge is 2.09. The molecule has 0 aliphatic carbocycles. The Hall–Kier alpha value is -2.53. The van der Waals surface area contributed by atoms with Crippen LogP contribution in [0.1, 0.15) is 18.4 Å². The fraction of sp³-hybridized carbons (Fsp3) is 0.222. The van der Waals surface area contributed by atoms with Gasteiger partial charge < -0.3 is 14.6 Å². The number of anilines is 1. The molecule has 0 amide bonds. The quantitative estimate of drug-likeness (QED) is 0.702. The highest BCUT2D eigenvalue weighted by Crippen LogP contribution is 2.24. The topological polar surface area (TPSA) is 60.2 Å². The van der Waals surface area contributed by atoms with Crippen LogP contribution in [0, 0.1) is 6.92 Å². The van der Waals surface area contributed by atoms with E-state index in [4.69, 9.17) is 20.9 Å². The fourth-order valence-electron chi connectivity index (χ4n) is 2.25. The Labute approximate surface area is 145 Å². The number of nitrogens with zero attached hydrogens (tertiary/aromatic N) is 2. The second kappa shape index (κ2) is 7.36. The first-order chi connectivity index (χ1) is 11.7. The minimum absolute atomic E-state index is 0.410. The first kappa shape index (κ1) is 16.3. The third-order valence-corrected chi connectivity index (χ3v) is 3.76. The summed E-state index contributed by atoms with van der Waals surface area (Å²) in [5, 5.41) is 7.88. The first-order valence-corrected chi connectivity index (χ1v) is 8.09. The van der Waals surface area contributed by atoms with Gasteiger partial charge in [-0.2, -0.15) is 4.98 Å². The monoisotopic (exact) mass is 343 g/mol. The maximum atomic E-state index is 6.20. The van der Waals surface area contributed by atoms with Crippen molar-refractivity contribution in [2.45, 2.75) is 20.4 Å². The van der Waals surface area contributed by atoms with Crippen LogP contribution in [0.4, 0.5) is 5.69 Å². The number of aromatic nitrogens is 2. The zero-order valence-electron chi connectivity index (χ0n) is 13.5. The van der Waals surface area contributed by atoms with Crippen molar-refractivity contribution in [2.24, 2.45) is 0 Å². The van der Waals surface area contributed by atoms with Gasteiger partial charge in [-0.25, -0.2) is 0 Å². The molecule has 0 saturated heterocycles. The molecule has 5 nitrogen and oxygen atoms in total.